The van der Waals surface area contributed by atoms with Crippen molar-refractivity contribution in [2.75, 3.05) is 31.2 Å². The Kier molecular flexibility index (Phi) is 3.16. The molecule has 1 aliphatic carbocycles. The molecular weight excluding hydrogens is 226 g/mol. The summed E-state index contributed by atoms with van der Waals surface area (Å²) in [5.41, 5.74) is 3.17. The van der Waals surface area contributed by atoms with E-state index in [2.05, 4.69) is 11.0 Å². The molecule has 1 aromatic heterocycles. The predicted molar refractivity (Wildman–Crippen MR) is 68.6 cm³/mol. The van der Waals surface area contributed by atoms with Crippen LogP contribution < -0.4 is 4.90 Å². The van der Waals surface area contributed by atoms with Gasteiger partial charge >= 0.3 is 0 Å². The number of aromatic nitrogens is 1. The van der Waals surface area contributed by atoms with Crippen LogP contribution in [0.5, 0.6) is 0 Å². The number of nitrogens with zero attached hydrogens (tertiary/aromatic N) is 3. The van der Waals surface area contributed by atoms with Crippen molar-refractivity contribution in [3.05, 3.63) is 22.9 Å². The fourth-order valence-corrected chi connectivity index (χ4v) is 2.74. The zero-order valence-electron chi connectivity index (χ0n) is 10.5. The summed E-state index contributed by atoms with van der Waals surface area (Å²) in [5.74, 6) is 0.864. The zero-order valence-corrected chi connectivity index (χ0v) is 10.5. The van der Waals surface area contributed by atoms with Crippen LogP contribution in [0.1, 0.15) is 29.7 Å². The molecular formula is C14H17N3O. The van der Waals surface area contributed by atoms with Crippen LogP contribution in [0, 0.1) is 11.3 Å². The third kappa shape index (κ3) is 2.06. The van der Waals surface area contributed by atoms with Crippen molar-refractivity contribution in [2.24, 2.45) is 0 Å². The van der Waals surface area contributed by atoms with Gasteiger partial charge in [-0.15, -0.1) is 0 Å². The highest BCUT2D eigenvalue weighted by Crippen LogP contribution is 2.27. The molecule has 2 heterocycles. The average molecular weight is 243 g/mol. The predicted octanol–water partition coefficient (Wildman–Crippen LogP) is 1.67. The van der Waals surface area contributed by atoms with E-state index in [1.165, 1.54) is 17.7 Å². The van der Waals surface area contributed by atoms with Gasteiger partial charge in [0.1, 0.15) is 11.9 Å². The quantitative estimate of drug-likeness (QED) is 0.753. The average Bonchev–Trinajstić information content (AvgIpc) is 2.68. The number of anilines is 1. The van der Waals surface area contributed by atoms with Crippen LogP contribution >= 0.6 is 0 Å². The number of pyridine rings is 1. The molecule has 1 saturated heterocycles. The minimum absolute atomic E-state index is 0.720. The molecule has 0 unspecified atom stereocenters. The van der Waals surface area contributed by atoms with Crippen molar-refractivity contribution >= 4 is 5.82 Å². The molecule has 1 aliphatic heterocycles. The van der Waals surface area contributed by atoms with Gasteiger partial charge < -0.3 is 9.64 Å². The third-order valence-electron chi connectivity index (χ3n) is 3.67. The van der Waals surface area contributed by atoms with Crippen molar-refractivity contribution in [1.82, 2.24) is 4.98 Å². The molecule has 0 atom stereocenters. The molecule has 1 aromatic rings. The Morgan fingerprint density at radius 3 is 3.06 bits per heavy atom. The first-order valence-electron chi connectivity index (χ1n) is 6.64. The van der Waals surface area contributed by atoms with Gasteiger partial charge in [0.25, 0.3) is 0 Å². The molecule has 4 nitrogen and oxygen atoms in total. The highest BCUT2D eigenvalue weighted by atomic mass is 16.5. The summed E-state index contributed by atoms with van der Waals surface area (Å²) in [6.45, 7) is 3.30. The van der Waals surface area contributed by atoms with E-state index in [4.69, 9.17) is 9.72 Å². The summed E-state index contributed by atoms with van der Waals surface area (Å²) in [5, 5.41) is 9.30. The topological polar surface area (TPSA) is 49.2 Å². The molecule has 94 valence electrons. The van der Waals surface area contributed by atoms with Crippen LogP contribution in [0.4, 0.5) is 5.82 Å². The molecule has 4 heteroatoms. The molecule has 0 N–H and O–H groups in total. The van der Waals surface area contributed by atoms with Crippen LogP contribution in [-0.4, -0.2) is 31.3 Å². The maximum atomic E-state index is 9.30. The summed E-state index contributed by atoms with van der Waals surface area (Å²) in [6, 6.07) is 4.34. The molecule has 0 bridgehead atoms. The van der Waals surface area contributed by atoms with Crippen molar-refractivity contribution in [3.8, 4) is 6.07 Å². The van der Waals surface area contributed by atoms with E-state index in [9.17, 15) is 5.26 Å². The third-order valence-corrected chi connectivity index (χ3v) is 3.67. The molecule has 1 fully saturated rings. The van der Waals surface area contributed by atoms with E-state index in [0.29, 0.717) is 0 Å². The lowest BCUT2D eigenvalue weighted by molar-refractivity contribution is 0.152. The largest absolute Gasteiger partial charge is 0.380 e. The van der Waals surface area contributed by atoms with E-state index in [0.717, 1.165) is 56.9 Å². The van der Waals surface area contributed by atoms with Crippen molar-refractivity contribution in [1.29, 1.82) is 5.26 Å². The molecule has 0 saturated carbocycles. The van der Waals surface area contributed by atoms with E-state index in [1.807, 2.05) is 6.07 Å². The molecule has 0 aromatic carbocycles. The monoisotopic (exact) mass is 243 g/mol. The highest BCUT2D eigenvalue weighted by molar-refractivity contribution is 5.56. The first kappa shape index (κ1) is 11.5. The lowest BCUT2D eigenvalue weighted by Crippen LogP contribution is -2.28. The van der Waals surface area contributed by atoms with Crippen molar-refractivity contribution in [2.45, 2.75) is 25.7 Å². The van der Waals surface area contributed by atoms with Gasteiger partial charge in [0.15, 0.2) is 0 Å². The summed E-state index contributed by atoms with van der Waals surface area (Å²) in [4.78, 5) is 6.94. The van der Waals surface area contributed by atoms with Crippen LogP contribution in [0.15, 0.2) is 6.07 Å². The van der Waals surface area contributed by atoms with Gasteiger partial charge in [-0.3, -0.25) is 0 Å². The van der Waals surface area contributed by atoms with Gasteiger partial charge in [-0.2, -0.15) is 5.26 Å². The van der Waals surface area contributed by atoms with Gasteiger partial charge in [-0.05, 0) is 37.3 Å². The molecule has 0 radical (unpaired) electrons. The molecule has 0 spiro atoms. The smallest absolute Gasteiger partial charge is 0.146 e. The molecule has 18 heavy (non-hydrogen) atoms. The number of rotatable bonds is 1. The fraction of sp³-hybridized carbons (Fsp3) is 0.571. The van der Waals surface area contributed by atoms with E-state index in [-0.39, 0.29) is 0 Å². The van der Waals surface area contributed by atoms with Crippen LogP contribution in [0.25, 0.3) is 0 Å². The van der Waals surface area contributed by atoms with Gasteiger partial charge in [0, 0.05) is 25.4 Å². The second-order valence-corrected chi connectivity index (χ2v) is 4.88. The Bertz CT molecular complexity index is 485. The summed E-state index contributed by atoms with van der Waals surface area (Å²) in [6.07, 6.45) is 4.29. The van der Waals surface area contributed by atoms with E-state index >= 15 is 0 Å². The lowest BCUT2D eigenvalue weighted by Gasteiger charge is -2.22. The van der Waals surface area contributed by atoms with Crippen molar-refractivity contribution in [3.63, 3.8) is 0 Å². The molecule has 2 aliphatic rings. The minimum atomic E-state index is 0.720. The summed E-state index contributed by atoms with van der Waals surface area (Å²) < 4.78 is 5.46. The number of ether oxygens (including phenoxy) is 1. The molecule has 3 rings (SSSR count). The molecule has 0 amide bonds. The first-order valence-corrected chi connectivity index (χ1v) is 6.64. The Morgan fingerprint density at radius 1 is 1.22 bits per heavy atom. The normalized spacial score (nSPS) is 19.2. The van der Waals surface area contributed by atoms with Crippen LogP contribution in [-0.2, 0) is 17.6 Å². The van der Waals surface area contributed by atoms with Crippen LogP contribution in [0.2, 0.25) is 0 Å². The van der Waals surface area contributed by atoms with Crippen LogP contribution in [0.3, 0.4) is 0 Å². The van der Waals surface area contributed by atoms with Crippen molar-refractivity contribution < 1.29 is 4.74 Å². The minimum Gasteiger partial charge on any atom is -0.380 e. The zero-order chi connectivity index (χ0) is 12.4. The number of hydrogen-bond donors (Lipinski definition) is 0. The van der Waals surface area contributed by atoms with E-state index < -0.39 is 0 Å². The Balaban J connectivity index is 1.97. The lowest BCUT2D eigenvalue weighted by atomic mass is 10.1. The number of hydrogen-bond acceptors (Lipinski definition) is 4. The Labute approximate surface area is 107 Å². The number of nitriles is 1. The maximum absolute atomic E-state index is 9.30. The first-order chi connectivity index (χ1) is 8.88. The van der Waals surface area contributed by atoms with E-state index in [1.54, 1.807) is 0 Å². The second kappa shape index (κ2) is 4.95. The number of aryl methyl sites for hydroxylation is 2. The standard InChI is InChI=1S/C14H17N3O/c15-10-12-9-11-3-1-4-13(11)16-14(12)17-5-2-7-18-8-6-17/h9H,1-8H2. The summed E-state index contributed by atoms with van der Waals surface area (Å²) >= 11 is 0. The highest BCUT2D eigenvalue weighted by Gasteiger charge is 2.20. The van der Waals surface area contributed by atoms with Gasteiger partial charge in [-0.25, -0.2) is 4.98 Å². The second-order valence-electron chi connectivity index (χ2n) is 4.88. The van der Waals surface area contributed by atoms with Gasteiger partial charge in [0.2, 0.25) is 0 Å². The maximum Gasteiger partial charge on any atom is 0.146 e. The Hall–Kier alpha value is -1.60. The SMILES string of the molecule is N#Cc1cc2c(nc1N1CCCOCC1)CCC2. The number of fused-ring (bicyclic) bond motifs is 1. The summed E-state index contributed by atoms with van der Waals surface area (Å²) in [7, 11) is 0. The van der Waals surface area contributed by atoms with Gasteiger partial charge in [-0.1, -0.05) is 0 Å². The van der Waals surface area contributed by atoms with Gasteiger partial charge in [0.05, 0.1) is 12.2 Å². The fourth-order valence-electron chi connectivity index (χ4n) is 2.74. The Morgan fingerprint density at radius 2 is 2.17 bits per heavy atom.